The van der Waals surface area contributed by atoms with Crippen molar-refractivity contribution in [3.8, 4) is 5.75 Å². The summed E-state index contributed by atoms with van der Waals surface area (Å²) in [4.78, 5) is 12.1. The van der Waals surface area contributed by atoms with Gasteiger partial charge in [0.1, 0.15) is 0 Å². The van der Waals surface area contributed by atoms with Crippen molar-refractivity contribution < 1.29 is 9.53 Å². The zero-order valence-corrected chi connectivity index (χ0v) is 14.4. The van der Waals surface area contributed by atoms with Gasteiger partial charge in [-0.25, -0.2) is 0 Å². The highest BCUT2D eigenvalue weighted by Crippen LogP contribution is 2.33. The van der Waals surface area contributed by atoms with E-state index in [0.717, 1.165) is 12.8 Å². The summed E-state index contributed by atoms with van der Waals surface area (Å²) in [5.41, 5.74) is 5.50. The maximum absolute atomic E-state index is 12.1. The molecule has 22 heavy (non-hydrogen) atoms. The van der Waals surface area contributed by atoms with Crippen LogP contribution in [0.4, 0.5) is 0 Å². The van der Waals surface area contributed by atoms with Crippen LogP contribution in [0.15, 0.2) is 12.1 Å². The number of halogens is 2. The van der Waals surface area contributed by atoms with Gasteiger partial charge in [0.25, 0.3) is 5.91 Å². The van der Waals surface area contributed by atoms with Gasteiger partial charge in [-0.1, -0.05) is 36.0 Å². The molecular formula is C14H17Cl2N3O2S. The third-order valence-electron chi connectivity index (χ3n) is 3.44. The van der Waals surface area contributed by atoms with Crippen molar-refractivity contribution in [3.63, 3.8) is 0 Å². The van der Waals surface area contributed by atoms with Crippen LogP contribution in [-0.2, 0) is 0 Å². The summed E-state index contributed by atoms with van der Waals surface area (Å²) in [5, 5.41) is 4.09. The number of carbonyl (C=O) groups is 1. The number of nitrogens with one attached hydrogen (secondary N) is 3. The molecule has 5 nitrogen and oxygen atoms in total. The van der Waals surface area contributed by atoms with E-state index in [1.807, 2.05) is 0 Å². The van der Waals surface area contributed by atoms with Gasteiger partial charge in [0.2, 0.25) is 0 Å². The Balaban J connectivity index is 1.90. The second kappa shape index (κ2) is 7.85. The SMILES string of the molecule is COc1c(Cl)cc(C(=O)NNC(=S)NC2CCCC2)cc1Cl. The van der Waals surface area contributed by atoms with Crippen LogP contribution in [0.25, 0.3) is 0 Å². The van der Waals surface area contributed by atoms with Gasteiger partial charge in [-0.2, -0.15) is 0 Å². The molecule has 1 aliphatic rings. The van der Waals surface area contributed by atoms with Gasteiger partial charge >= 0.3 is 0 Å². The molecule has 0 saturated heterocycles. The Morgan fingerprint density at radius 3 is 2.36 bits per heavy atom. The molecule has 0 unspecified atom stereocenters. The predicted octanol–water partition coefficient (Wildman–Crippen LogP) is 3.05. The number of rotatable bonds is 3. The van der Waals surface area contributed by atoms with E-state index in [9.17, 15) is 4.79 Å². The highest BCUT2D eigenvalue weighted by Gasteiger charge is 2.16. The highest BCUT2D eigenvalue weighted by atomic mass is 35.5. The van der Waals surface area contributed by atoms with E-state index in [0.29, 0.717) is 22.5 Å². The number of hydrogen-bond donors (Lipinski definition) is 3. The first-order chi connectivity index (χ1) is 10.5. The number of thiocarbonyl (C=S) groups is 1. The van der Waals surface area contributed by atoms with Crippen LogP contribution >= 0.6 is 35.4 Å². The van der Waals surface area contributed by atoms with Crippen LogP contribution < -0.4 is 20.9 Å². The number of benzene rings is 1. The Morgan fingerprint density at radius 1 is 1.23 bits per heavy atom. The predicted molar refractivity (Wildman–Crippen MR) is 91.6 cm³/mol. The van der Waals surface area contributed by atoms with Gasteiger partial charge in [0.05, 0.1) is 17.2 Å². The summed E-state index contributed by atoms with van der Waals surface area (Å²) in [7, 11) is 1.46. The lowest BCUT2D eigenvalue weighted by atomic mass is 10.2. The van der Waals surface area contributed by atoms with Crippen LogP contribution in [0.5, 0.6) is 5.75 Å². The molecule has 1 aromatic rings. The number of ether oxygens (including phenoxy) is 1. The van der Waals surface area contributed by atoms with Crippen molar-refractivity contribution in [2.75, 3.05) is 7.11 Å². The van der Waals surface area contributed by atoms with Gasteiger partial charge in [0, 0.05) is 11.6 Å². The van der Waals surface area contributed by atoms with E-state index in [2.05, 4.69) is 16.2 Å². The minimum atomic E-state index is -0.387. The lowest BCUT2D eigenvalue weighted by Gasteiger charge is -2.16. The minimum Gasteiger partial charge on any atom is -0.494 e. The van der Waals surface area contributed by atoms with Crippen molar-refractivity contribution in [1.82, 2.24) is 16.2 Å². The van der Waals surface area contributed by atoms with E-state index in [1.165, 1.54) is 32.1 Å². The number of amides is 1. The number of methoxy groups -OCH3 is 1. The summed E-state index contributed by atoms with van der Waals surface area (Å²) < 4.78 is 5.04. The Labute approximate surface area is 144 Å². The zero-order chi connectivity index (χ0) is 16.1. The molecule has 1 amide bonds. The third-order valence-corrected chi connectivity index (χ3v) is 4.23. The van der Waals surface area contributed by atoms with Crippen molar-refractivity contribution in [2.45, 2.75) is 31.7 Å². The first-order valence-electron chi connectivity index (χ1n) is 6.91. The Hall–Kier alpha value is -1.24. The van der Waals surface area contributed by atoms with Crippen molar-refractivity contribution >= 4 is 46.4 Å². The van der Waals surface area contributed by atoms with E-state index in [4.69, 9.17) is 40.2 Å². The molecule has 1 saturated carbocycles. The molecule has 120 valence electrons. The van der Waals surface area contributed by atoms with Crippen LogP contribution in [-0.4, -0.2) is 24.2 Å². The first kappa shape index (κ1) is 17.1. The third kappa shape index (κ3) is 4.38. The molecule has 0 spiro atoms. The molecule has 0 atom stereocenters. The zero-order valence-electron chi connectivity index (χ0n) is 12.0. The molecule has 2 rings (SSSR count). The average molecular weight is 362 g/mol. The first-order valence-corrected chi connectivity index (χ1v) is 8.07. The largest absolute Gasteiger partial charge is 0.494 e. The van der Waals surface area contributed by atoms with Gasteiger partial charge in [-0.05, 0) is 37.2 Å². The number of carbonyl (C=O) groups excluding carboxylic acids is 1. The standard InChI is InChI=1S/C14H17Cl2N3O2S/c1-21-12-10(15)6-8(7-11(12)16)13(20)18-19-14(22)17-9-4-2-3-5-9/h6-7,9H,2-5H2,1H3,(H,18,20)(H2,17,19,22). The van der Waals surface area contributed by atoms with Crippen LogP contribution in [0.3, 0.4) is 0 Å². The molecule has 0 aliphatic heterocycles. The molecule has 0 aromatic heterocycles. The normalized spacial score (nSPS) is 14.5. The Morgan fingerprint density at radius 2 is 1.82 bits per heavy atom. The molecule has 3 N–H and O–H groups in total. The monoisotopic (exact) mass is 361 g/mol. The summed E-state index contributed by atoms with van der Waals surface area (Å²) >= 11 is 17.2. The quantitative estimate of drug-likeness (QED) is 0.570. The number of hydrogen-bond acceptors (Lipinski definition) is 3. The molecule has 1 aromatic carbocycles. The average Bonchev–Trinajstić information content (AvgIpc) is 2.97. The molecule has 8 heteroatoms. The van der Waals surface area contributed by atoms with Crippen LogP contribution in [0.1, 0.15) is 36.0 Å². The van der Waals surface area contributed by atoms with E-state index in [1.54, 1.807) is 0 Å². The van der Waals surface area contributed by atoms with Crippen molar-refractivity contribution in [2.24, 2.45) is 0 Å². The van der Waals surface area contributed by atoms with E-state index in [-0.39, 0.29) is 16.0 Å². The van der Waals surface area contributed by atoms with Crippen molar-refractivity contribution in [3.05, 3.63) is 27.7 Å². The minimum absolute atomic E-state index is 0.270. The summed E-state index contributed by atoms with van der Waals surface area (Å²) in [6.07, 6.45) is 4.60. The Kier molecular flexibility index (Phi) is 6.11. The molecule has 0 heterocycles. The van der Waals surface area contributed by atoms with Crippen LogP contribution in [0.2, 0.25) is 10.0 Å². The molecule has 1 fully saturated rings. The topological polar surface area (TPSA) is 62.4 Å². The molecule has 0 bridgehead atoms. The Bertz CT molecular complexity index is 554. The van der Waals surface area contributed by atoms with E-state index < -0.39 is 0 Å². The second-order valence-electron chi connectivity index (χ2n) is 5.01. The molecular weight excluding hydrogens is 345 g/mol. The van der Waals surface area contributed by atoms with Crippen molar-refractivity contribution in [1.29, 1.82) is 0 Å². The number of hydrazine groups is 1. The van der Waals surface area contributed by atoms with Gasteiger partial charge < -0.3 is 10.1 Å². The van der Waals surface area contributed by atoms with Gasteiger partial charge in [-0.15, -0.1) is 0 Å². The molecule has 0 radical (unpaired) electrons. The van der Waals surface area contributed by atoms with Gasteiger partial charge in [0.15, 0.2) is 10.9 Å². The summed E-state index contributed by atoms with van der Waals surface area (Å²) in [6.45, 7) is 0. The second-order valence-corrected chi connectivity index (χ2v) is 6.23. The van der Waals surface area contributed by atoms with Crippen LogP contribution in [0, 0.1) is 0 Å². The van der Waals surface area contributed by atoms with Gasteiger partial charge in [-0.3, -0.25) is 15.6 Å². The fourth-order valence-corrected chi connectivity index (χ4v) is 3.22. The lowest BCUT2D eigenvalue weighted by molar-refractivity contribution is 0.0943. The maximum Gasteiger partial charge on any atom is 0.269 e. The summed E-state index contributed by atoms with van der Waals surface area (Å²) in [6, 6.07) is 3.34. The van der Waals surface area contributed by atoms with E-state index >= 15 is 0 Å². The maximum atomic E-state index is 12.1. The smallest absolute Gasteiger partial charge is 0.269 e. The summed E-state index contributed by atoms with van der Waals surface area (Å²) in [5.74, 6) is -0.0479. The fourth-order valence-electron chi connectivity index (χ4n) is 2.36. The molecule has 1 aliphatic carbocycles. The lowest BCUT2D eigenvalue weighted by Crippen LogP contribution is -2.49. The fraction of sp³-hybridized carbons (Fsp3) is 0.429. The highest BCUT2D eigenvalue weighted by molar-refractivity contribution is 7.80.